The molecule has 2 amide bonds. The first kappa shape index (κ1) is 27.5. The number of carbonyl (C=O) groups excluding carboxylic acids is 2. The lowest BCUT2D eigenvalue weighted by Crippen LogP contribution is -2.46. The van der Waals surface area contributed by atoms with Crippen molar-refractivity contribution in [3.05, 3.63) is 112 Å². The topological polar surface area (TPSA) is 127 Å². The number of anilines is 1. The molecule has 200 valence electrons. The van der Waals surface area contributed by atoms with Gasteiger partial charge in [-0.25, -0.2) is 13.1 Å². The van der Waals surface area contributed by atoms with E-state index in [9.17, 15) is 28.1 Å². The number of sulfonamides is 1. The average molecular weight is 546 g/mol. The molecule has 0 aliphatic rings. The average Bonchev–Trinajstić information content (AvgIpc) is 2.92. The fourth-order valence-corrected chi connectivity index (χ4v) is 5.42. The van der Waals surface area contributed by atoms with Crippen LogP contribution in [0.2, 0.25) is 0 Å². The Kier molecular flexibility index (Phi) is 8.06. The van der Waals surface area contributed by atoms with Gasteiger partial charge in [-0.3, -0.25) is 19.7 Å². The maximum atomic E-state index is 13.7. The Balaban J connectivity index is 1.70. The summed E-state index contributed by atoms with van der Waals surface area (Å²) in [6, 6.07) is 24.8. The second-order valence-electron chi connectivity index (χ2n) is 9.03. The Morgan fingerprint density at radius 2 is 1.59 bits per heavy atom. The predicted octanol–water partition coefficient (Wildman–Crippen LogP) is 4.77. The summed E-state index contributed by atoms with van der Waals surface area (Å²) >= 11 is 0. The summed E-state index contributed by atoms with van der Waals surface area (Å²) < 4.78 is 28.5. The smallest absolute Gasteiger partial charge is 0.272 e. The number of hydrogen-bond donors (Lipinski definition) is 1. The van der Waals surface area contributed by atoms with Gasteiger partial charge < -0.3 is 4.90 Å². The molecule has 0 saturated carbocycles. The quantitative estimate of drug-likeness (QED) is 0.183. The third-order valence-corrected chi connectivity index (χ3v) is 7.79. The van der Waals surface area contributed by atoms with Crippen LogP contribution in [0.25, 0.3) is 10.8 Å². The molecule has 0 aliphatic carbocycles. The number of rotatable bonds is 9. The van der Waals surface area contributed by atoms with Gasteiger partial charge in [0.25, 0.3) is 15.7 Å². The van der Waals surface area contributed by atoms with Crippen LogP contribution in [-0.2, 0) is 26.0 Å². The number of nitrogens with one attached hydrogen (secondary N) is 1. The molecule has 0 fully saturated rings. The van der Waals surface area contributed by atoms with E-state index in [-0.39, 0.29) is 23.5 Å². The Morgan fingerprint density at radius 1 is 0.923 bits per heavy atom. The summed E-state index contributed by atoms with van der Waals surface area (Å²) in [5, 5.41) is 13.0. The molecule has 4 rings (SSSR count). The SMILES string of the molecule is CCN(C(=O)C(Cc1ccc(C)c([N+](=O)[O-])c1)C(=O)NS(=O)(=O)c1ccc2ccccc2c1)c1ccccc1. The Hall–Kier alpha value is -4.57. The van der Waals surface area contributed by atoms with Crippen molar-refractivity contribution in [1.82, 2.24) is 4.72 Å². The van der Waals surface area contributed by atoms with E-state index in [0.717, 1.165) is 5.39 Å². The van der Waals surface area contributed by atoms with Crippen molar-refractivity contribution in [2.75, 3.05) is 11.4 Å². The minimum atomic E-state index is -4.33. The van der Waals surface area contributed by atoms with Gasteiger partial charge in [-0.1, -0.05) is 60.7 Å². The molecule has 0 aliphatic heterocycles. The van der Waals surface area contributed by atoms with Crippen LogP contribution in [0.4, 0.5) is 11.4 Å². The highest BCUT2D eigenvalue weighted by molar-refractivity contribution is 7.90. The lowest BCUT2D eigenvalue weighted by atomic mass is 9.95. The first-order chi connectivity index (χ1) is 18.6. The molecule has 0 spiro atoms. The van der Waals surface area contributed by atoms with E-state index in [1.807, 2.05) is 12.1 Å². The Bertz CT molecular complexity index is 1650. The lowest BCUT2D eigenvalue weighted by Gasteiger charge is -2.26. The monoisotopic (exact) mass is 545 g/mol. The summed E-state index contributed by atoms with van der Waals surface area (Å²) in [5.74, 6) is -3.12. The van der Waals surface area contributed by atoms with E-state index in [1.165, 1.54) is 29.2 Å². The summed E-state index contributed by atoms with van der Waals surface area (Å²) in [6.07, 6.45) is -0.234. The fourth-order valence-electron chi connectivity index (χ4n) is 4.37. The van der Waals surface area contributed by atoms with Crippen LogP contribution in [0.5, 0.6) is 0 Å². The standard InChI is InChI=1S/C29H27N3O6S/c1-3-31(24-11-5-4-6-12-24)29(34)26(17-21-14-13-20(2)27(18-21)32(35)36)28(33)30-39(37,38)25-16-15-22-9-7-8-10-23(22)19-25/h4-16,18-19,26H,3,17H2,1-2H3,(H,30,33). The number of amides is 2. The van der Waals surface area contributed by atoms with Gasteiger partial charge in [-0.2, -0.15) is 0 Å². The number of fused-ring (bicyclic) bond motifs is 1. The first-order valence-electron chi connectivity index (χ1n) is 12.3. The molecule has 0 saturated heterocycles. The van der Waals surface area contributed by atoms with Gasteiger partial charge in [-0.05, 0) is 60.9 Å². The number of hydrogen-bond acceptors (Lipinski definition) is 6. The van der Waals surface area contributed by atoms with Crippen molar-refractivity contribution < 1.29 is 22.9 Å². The number of carbonyl (C=O) groups is 2. The molecule has 10 heteroatoms. The van der Waals surface area contributed by atoms with Crippen molar-refractivity contribution in [3.63, 3.8) is 0 Å². The molecule has 0 aromatic heterocycles. The zero-order valence-corrected chi connectivity index (χ0v) is 22.2. The van der Waals surface area contributed by atoms with E-state index in [4.69, 9.17) is 0 Å². The molecular formula is C29H27N3O6S. The first-order valence-corrected chi connectivity index (χ1v) is 13.7. The zero-order chi connectivity index (χ0) is 28.2. The maximum Gasteiger partial charge on any atom is 0.272 e. The Morgan fingerprint density at radius 3 is 2.26 bits per heavy atom. The van der Waals surface area contributed by atoms with Crippen LogP contribution in [0.1, 0.15) is 18.1 Å². The van der Waals surface area contributed by atoms with Gasteiger partial charge in [0.1, 0.15) is 5.92 Å². The van der Waals surface area contributed by atoms with Gasteiger partial charge in [0.05, 0.1) is 9.82 Å². The van der Waals surface area contributed by atoms with Crippen LogP contribution in [0.15, 0.2) is 95.9 Å². The molecular weight excluding hydrogens is 518 g/mol. The summed E-state index contributed by atoms with van der Waals surface area (Å²) in [6.45, 7) is 3.54. The number of aryl methyl sites for hydroxylation is 1. The number of nitro benzene ring substituents is 1. The van der Waals surface area contributed by atoms with Gasteiger partial charge in [0.2, 0.25) is 11.8 Å². The molecule has 0 heterocycles. The van der Waals surface area contributed by atoms with E-state index >= 15 is 0 Å². The fraction of sp³-hybridized carbons (Fsp3) is 0.172. The second kappa shape index (κ2) is 11.4. The number of nitro groups is 1. The summed E-state index contributed by atoms with van der Waals surface area (Å²) in [5.41, 5.74) is 1.16. The van der Waals surface area contributed by atoms with E-state index in [0.29, 0.717) is 22.2 Å². The number of para-hydroxylation sites is 1. The molecule has 39 heavy (non-hydrogen) atoms. The lowest BCUT2D eigenvalue weighted by molar-refractivity contribution is -0.385. The van der Waals surface area contributed by atoms with Crippen LogP contribution in [0.3, 0.4) is 0 Å². The number of nitrogens with zero attached hydrogens (tertiary/aromatic N) is 2. The molecule has 0 radical (unpaired) electrons. The van der Waals surface area contributed by atoms with Gasteiger partial charge in [-0.15, -0.1) is 0 Å². The highest BCUT2D eigenvalue weighted by Crippen LogP contribution is 2.25. The van der Waals surface area contributed by atoms with Gasteiger partial charge >= 0.3 is 0 Å². The number of benzene rings is 4. The van der Waals surface area contributed by atoms with E-state index in [1.54, 1.807) is 68.4 Å². The molecule has 1 atom stereocenters. The van der Waals surface area contributed by atoms with Gasteiger partial charge in [0.15, 0.2) is 0 Å². The summed E-state index contributed by atoms with van der Waals surface area (Å²) in [7, 11) is -4.33. The Labute approximate surface area is 226 Å². The van der Waals surface area contributed by atoms with Crippen LogP contribution >= 0.6 is 0 Å². The largest absolute Gasteiger partial charge is 0.312 e. The molecule has 9 nitrogen and oxygen atoms in total. The third-order valence-electron chi connectivity index (χ3n) is 6.44. The normalized spacial score (nSPS) is 12.1. The van der Waals surface area contributed by atoms with Crippen LogP contribution in [0, 0.1) is 23.0 Å². The van der Waals surface area contributed by atoms with Gasteiger partial charge in [0, 0.05) is 23.9 Å². The molecule has 4 aromatic rings. The van der Waals surface area contributed by atoms with Crippen LogP contribution in [-0.4, -0.2) is 31.7 Å². The zero-order valence-electron chi connectivity index (χ0n) is 21.4. The minimum absolute atomic E-state index is 0.123. The van der Waals surface area contributed by atoms with E-state index < -0.39 is 32.7 Å². The maximum absolute atomic E-state index is 13.7. The second-order valence-corrected chi connectivity index (χ2v) is 10.7. The van der Waals surface area contributed by atoms with Crippen molar-refractivity contribution in [1.29, 1.82) is 0 Å². The molecule has 4 aromatic carbocycles. The molecule has 1 unspecified atom stereocenters. The highest BCUT2D eigenvalue weighted by atomic mass is 32.2. The summed E-state index contributed by atoms with van der Waals surface area (Å²) in [4.78, 5) is 39.4. The highest BCUT2D eigenvalue weighted by Gasteiger charge is 2.34. The van der Waals surface area contributed by atoms with Crippen molar-refractivity contribution in [2.24, 2.45) is 5.92 Å². The molecule has 0 bridgehead atoms. The predicted molar refractivity (Wildman–Crippen MR) is 149 cm³/mol. The third kappa shape index (κ3) is 6.12. The van der Waals surface area contributed by atoms with Crippen molar-refractivity contribution in [2.45, 2.75) is 25.2 Å². The van der Waals surface area contributed by atoms with Crippen molar-refractivity contribution in [3.8, 4) is 0 Å². The van der Waals surface area contributed by atoms with E-state index in [2.05, 4.69) is 4.72 Å². The molecule has 1 N–H and O–H groups in total. The van der Waals surface area contributed by atoms with Crippen molar-refractivity contribution >= 4 is 44.0 Å². The minimum Gasteiger partial charge on any atom is -0.312 e. The van der Waals surface area contributed by atoms with Crippen LogP contribution < -0.4 is 9.62 Å².